The molecule has 2 atom stereocenters. The Morgan fingerprint density at radius 2 is 2.00 bits per heavy atom. The maximum atomic E-state index is 4.67. The van der Waals surface area contributed by atoms with Crippen LogP contribution in [0.25, 0.3) is 0 Å². The van der Waals surface area contributed by atoms with Crippen molar-refractivity contribution in [2.24, 2.45) is 0 Å². The Morgan fingerprint density at radius 3 is 2.38 bits per heavy atom. The van der Waals surface area contributed by atoms with Gasteiger partial charge in [-0.3, -0.25) is 0 Å². The highest BCUT2D eigenvalue weighted by Gasteiger charge is 2.24. The summed E-state index contributed by atoms with van der Waals surface area (Å²) in [5.74, 6) is 1.40. The number of nitrogens with one attached hydrogen (secondary N) is 1. The Hall–Kier alpha value is -0.480. The van der Waals surface area contributed by atoms with Crippen LogP contribution >= 0.6 is 11.5 Å². The van der Waals surface area contributed by atoms with Crippen molar-refractivity contribution in [1.29, 1.82) is 0 Å². The molecule has 1 N–H and O–H groups in total. The summed E-state index contributed by atoms with van der Waals surface area (Å²) in [4.78, 5) is 4.67. The van der Waals surface area contributed by atoms with Gasteiger partial charge in [-0.1, -0.05) is 34.6 Å². The quantitative estimate of drug-likeness (QED) is 0.880. The lowest BCUT2D eigenvalue weighted by Gasteiger charge is -2.19. The number of rotatable bonds is 4. The van der Waals surface area contributed by atoms with E-state index in [1.54, 1.807) is 11.5 Å². The molecule has 0 aliphatic heterocycles. The average Bonchev–Trinajstić information content (AvgIpc) is 2.67. The minimum Gasteiger partial charge on any atom is -0.316 e. The van der Waals surface area contributed by atoms with E-state index in [0.717, 1.165) is 17.3 Å². The predicted molar refractivity (Wildman–Crippen MR) is 70.2 cm³/mol. The molecule has 0 fully saturated rings. The zero-order valence-corrected chi connectivity index (χ0v) is 12.0. The second-order valence-electron chi connectivity index (χ2n) is 5.30. The molecule has 0 bridgehead atoms. The molecular weight excluding hydrogens is 218 g/mol. The first kappa shape index (κ1) is 13.6. The van der Waals surface area contributed by atoms with Crippen molar-refractivity contribution < 1.29 is 0 Å². The average molecular weight is 241 g/mol. The molecular formula is C12H23N3S. The predicted octanol–water partition coefficient (Wildman–Crippen LogP) is 2.94. The van der Waals surface area contributed by atoms with Crippen LogP contribution in [0.1, 0.15) is 57.8 Å². The summed E-state index contributed by atoms with van der Waals surface area (Å²) in [6, 6.07) is 0.487. The summed E-state index contributed by atoms with van der Waals surface area (Å²) >= 11 is 1.54. The van der Waals surface area contributed by atoms with Crippen molar-refractivity contribution in [3.05, 3.63) is 10.8 Å². The lowest BCUT2D eigenvalue weighted by Crippen LogP contribution is -2.29. The molecule has 0 radical (unpaired) electrons. The highest BCUT2D eigenvalue weighted by molar-refractivity contribution is 7.05. The van der Waals surface area contributed by atoms with Gasteiger partial charge in [0.15, 0.2) is 0 Å². The number of aromatic nitrogens is 2. The zero-order chi connectivity index (χ0) is 12.3. The highest BCUT2D eigenvalue weighted by atomic mass is 32.1. The molecule has 0 spiro atoms. The van der Waals surface area contributed by atoms with Gasteiger partial charge in [-0.05, 0) is 25.0 Å². The molecule has 1 aromatic rings. The molecule has 16 heavy (non-hydrogen) atoms. The van der Waals surface area contributed by atoms with Crippen LogP contribution in [0.3, 0.4) is 0 Å². The van der Waals surface area contributed by atoms with Gasteiger partial charge in [0, 0.05) is 17.4 Å². The summed E-state index contributed by atoms with van der Waals surface area (Å²) in [6.07, 6.45) is 1.11. The smallest absolute Gasteiger partial charge is 0.147 e. The van der Waals surface area contributed by atoms with Gasteiger partial charge in [0.05, 0.1) is 0 Å². The molecule has 0 saturated heterocycles. The fourth-order valence-electron chi connectivity index (χ4n) is 1.70. The SMILES string of the molecule is CCC(NC)C(C)c1nc(C(C)(C)C)ns1. The van der Waals surface area contributed by atoms with Crippen LogP contribution in [0.4, 0.5) is 0 Å². The largest absolute Gasteiger partial charge is 0.316 e. The van der Waals surface area contributed by atoms with E-state index in [-0.39, 0.29) is 5.41 Å². The molecule has 2 unspecified atom stereocenters. The Morgan fingerprint density at radius 1 is 1.38 bits per heavy atom. The van der Waals surface area contributed by atoms with Crippen LogP contribution in [0.2, 0.25) is 0 Å². The molecule has 0 aliphatic rings. The molecule has 1 heterocycles. The normalized spacial score (nSPS) is 16.1. The number of nitrogens with zero attached hydrogens (tertiary/aromatic N) is 2. The van der Waals surface area contributed by atoms with E-state index in [9.17, 15) is 0 Å². The van der Waals surface area contributed by atoms with Gasteiger partial charge < -0.3 is 5.32 Å². The van der Waals surface area contributed by atoms with Gasteiger partial charge in [-0.25, -0.2) is 4.98 Å². The van der Waals surface area contributed by atoms with Crippen molar-refractivity contribution in [2.45, 2.75) is 58.4 Å². The molecule has 1 rings (SSSR count). The van der Waals surface area contributed by atoms with Crippen molar-refractivity contribution in [2.75, 3.05) is 7.05 Å². The van der Waals surface area contributed by atoms with E-state index in [1.165, 1.54) is 0 Å². The maximum absolute atomic E-state index is 4.67. The van der Waals surface area contributed by atoms with Crippen LogP contribution in [0.5, 0.6) is 0 Å². The van der Waals surface area contributed by atoms with Crippen LogP contribution in [0, 0.1) is 0 Å². The third-order valence-electron chi connectivity index (χ3n) is 2.92. The fourth-order valence-corrected chi connectivity index (χ4v) is 2.66. The van der Waals surface area contributed by atoms with Crippen LogP contribution in [0.15, 0.2) is 0 Å². The highest BCUT2D eigenvalue weighted by Crippen LogP contribution is 2.27. The summed E-state index contributed by atoms with van der Waals surface area (Å²) < 4.78 is 4.46. The Balaban J connectivity index is 2.85. The monoisotopic (exact) mass is 241 g/mol. The van der Waals surface area contributed by atoms with Gasteiger partial charge >= 0.3 is 0 Å². The number of hydrogen-bond acceptors (Lipinski definition) is 4. The van der Waals surface area contributed by atoms with E-state index in [0.29, 0.717) is 12.0 Å². The zero-order valence-electron chi connectivity index (χ0n) is 11.2. The molecule has 0 saturated carbocycles. The lowest BCUT2D eigenvalue weighted by molar-refractivity contribution is 0.467. The van der Waals surface area contributed by atoms with Crippen LogP contribution < -0.4 is 5.32 Å². The third-order valence-corrected chi connectivity index (χ3v) is 3.83. The summed E-state index contributed by atoms with van der Waals surface area (Å²) in [5, 5.41) is 4.48. The second kappa shape index (κ2) is 5.23. The molecule has 92 valence electrons. The van der Waals surface area contributed by atoms with E-state index in [1.807, 2.05) is 7.05 Å². The Kier molecular flexibility index (Phi) is 4.44. The van der Waals surface area contributed by atoms with Crippen molar-refractivity contribution in [1.82, 2.24) is 14.7 Å². The maximum Gasteiger partial charge on any atom is 0.147 e. The van der Waals surface area contributed by atoms with Crippen LogP contribution in [-0.4, -0.2) is 22.4 Å². The third kappa shape index (κ3) is 3.01. The Bertz CT molecular complexity index is 323. The first-order valence-corrected chi connectivity index (χ1v) is 6.68. The summed E-state index contributed by atoms with van der Waals surface area (Å²) in [6.45, 7) is 10.9. The summed E-state index contributed by atoms with van der Waals surface area (Å²) in [7, 11) is 2.01. The fraction of sp³-hybridized carbons (Fsp3) is 0.833. The van der Waals surface area contributed by atoms with Crippen molar-refractivity contribution in [3.63, 3.8) is 0 Å². The van der Waals surface area contributed by atoms with Crippen LogP contribution in [-0.2, 0) is 5.41 Å². The second-order valence-corrected chi connectivity index (χ2v) is 6.08. The summed E-state index contributed by atoms with van der Waals surface area (Å²) in [5.41, 5.74) is 0.0514. The van der Waals surface area contributed by atoms with Crippen molar-refractivity contribution >= 4 is 11.5 Å². The van der Waals surface area contributed by atoms with Gasteiger partial charge in [0.1, 0.15) is 10.8 Å². The molecule has 3 nitrogen and oxygen atoms in total. The van der Waals surface area contributed by atoms with Gasteiger partial charge in [0.2, 0.25) is 0 Å². The Labute approximate surface area is 103 Å². The van der Waals surface area contributed by atoms with Gasteiger partial charge in [-0.2, -0.15) is 4.37 Å². The first-order chi connectivity index (χ1) is 7.40. The molecule has 0 aliphatic carbocycles. The minimum absolute atomic E-state index is 0.0514. The van der Waals surface area contributed by atoms with E-state index < -0.39 is 0 Å². The number of hydrogen-bond donors (Lipinski definition) is 1. The van der Waals surface area contributed by atoms with E-state index in [4.69, 9.17) is 0 Å². The molecule has 4 heteroatoms. The van der Waals surface area contributed by atoms with Crippen molar-refractivity contribution in [3.8, 4) is 0 Å². The molecule has 0 amide bonds. The molecule has 1 aromatic heterocycles. The van der Waals surface area contributed by atoms with Gasteiger partial charge in [0.25, 0.3) is 0 Å². The number of likely N-dealkylation sites (N-methyl/N-ethyl adjacent to an activating group) is 1. The standard InChI is InChI=1S/C12H23N3S/c1-7-9(13-6)8(2)10-14-11(15-16-10)12(3,4)5/h8-9,13H,7H2,1-6H3. The minimum atomic E-state index is 0.0514. The molecule has 0 aromatic carbocycles. The first-order valence-electron chi connectivity index (χ1n) is 5.91. The topological polar surface area (TPSA) is 37.8 Å². The lowest BCUT2D eigenvalue weighted by atomic mass is 9.96. The van der Waals surface area contributed by atoms with E-state index >= 15 is 0 Å². The van der Waals surface area contributed by atoms with Gasteiger partial charge in [-0.15, -0.1) is 0 Å². The van der Waals surface area contributed by atoms with E-state index in [2.05, 4.69) is 49.3 Å².